The summed E-state index contributed by atoms with van der Waals surface area (Å²) < 4.78 is 51.1. The maximum Gasteiger partial charge on any atom is 0.204 e. The minimum absolute atomic E-state index is 0.0304. The lowest BCUT2D eigenvalue weighted by atomic mass is 9.69. The van der Waals surface area contributed by atoms with Gasteiger partial charge in [-0.25, -0.2) is 0 Å². The van der Waals surface area contributed by atoms with Crippen molar-refractivity contribution in [2.45, 2.75) is 64.7 Å². The van der Waals surface area contributed by atoms with Crippen LogP contribution in [0.4, 0.5) is 13.2 Å². The van der Waals surface area contributed by atoms with E-state index in [0.717, 1.165) is 24.7 Å². The van der Waals surface area contributed by atoms with Crippen LogP contribution < -0.4 is 9.47 Å². The van der Waals surface area contributed by atoms with E-state index < -0.39 is 11.6 Å². The van der Waals surface area contributed by atoms with E-state index in [1.807, 2.05) is 6.08 Å². The van der Waals surface area contributed by atoms with Crippen molar-refractivity contribution in [3.63, 3.8) is 0 Å². The number of benzene rings is 1. The van der Waals surface area contributed by atoms with Crippen LogP contribution in [0.2, 0.25) is 0 Å². The van der Waals surface area contributed by atoms with Crippen LogP contribution >= 0.6 is 0 Å². The molecule has 0 aromatic heterocycles. The Morgan fingerprint density at radius 3 is 2.00 bits per heavy atom. The zero-order chi connectivity index (χ0) is 21.3. The summed E-state index contributed by atoms with van der Waals surface area (Å²) in [5.41, 5.74) is 0. The number of alkyl halides is 1. The highest BCUT2D eigenvalue weighted by molar-refractivity contribution is 5.35. The Bertz CT molecular complexity index is 675. The van der Waals surface area contributed by atoms with E-state index in [4.69, 9.17) is 9.47 Å². The summed E-state index contributed by atoms with van der Waals surface area (Å²) in [5.74, 6) is 0.553. The highest BCUT2D eigenvalue weighted by atomic mass is 19.2. The average molecular weight is 425 g/mol. The topological polar surface area (TPSA) is 18.5 Å². The minimum atomic E-state index is -0.979. The van der Waals surface area contributed by atoms with Crippen LogP contribution in [0.15, 0.2) is 24.3 Å². The van der Waals surface area contributed by atoms with Gasteiger partial charge in [0.25, 0.3) is 0 Å². The molecular weight excluding hydrogens is 389 g/mol. The zero-order valence-electron chi connectivity index (χ0n) is 18.1. The predicted molar refractivity (Wildman–Crippen MR) is 114 cm³/mol. The molecule has 2 saturated carbocycles. The maximum atomic E-state index is 14.2. The Hall–Kier alpha value is -1.65. The first-order valence-electron chi connectivity index (χ1n) is 11.6. The number of hydrogen-bond donors (Lipinski definition) is 0. The van der Waals surface area contributed by atoms with E-state index in [1.165, 1.54) is 50.7 Å². The third-order valence-electron chi connectivity index (χ3n) is 6.84. The summed E-state index contributed by atoms with van der Waals surface area (Å²) in [6.07, 6.45) is 14.3. The van der Waals surface area contributed by atoms with Gasteiger partial charge in [-0.2, -0.15) is 8.78 Å². The number of allylic oxidation sites excluding steroid dienone is 2. The van der Waals surface area contributed by atoms with Crippen molar-refractivity contribution in [3.8, 4) is 11.5 Å². The van der Waals surface area contributed by atoms with E-state index in [0.29, 0.717) is 24.9 Å². The van der Waals surface area contributed by atoms with E-state index in [-0.39, 0.29) is 24.8 Å². The van der Waals surface area contributed by atoms with Crippen LogP contribution in [0, 0.1) is 35.3 Å². The number of rotatable bonds is 9. The minimum Gasteiger partial charge on any atom is -0.491 e. The van der Waals surface area contributed by atoms with Crippen LogP contribution in [0.5, 0.6) is 11.5 Å². The first-order valence-corrected chi connectivity index (χ1v) is 11.6. The lowest BCUT2D eigenvalue weighted by Crippen LogP contribution is -2.27. The molecule has 2 nitrogen and oxygen atoms in total. The van der Waals surface area contributed by atoms with Crippen LogP contribution in [-0.4, -0.2) is 19.9 Å². The molecule has 0 N–H and O–H groups in total. The molecule has 0 aliphatic heterocycles. The first-order chi connectivity index (χ1) is 14.6. The lowest BCUT2D eigenvalue weighted by molar-refractivity contribution is 0.127. The molecule has 0 atom stereocenters. The fourth-order valence-corrected chi connectivity index (χ4v) is 5.09. The van der Waals surface area contributed by atoms with Crippen molar-refractivity contribution in [1.29, 1.82) is 0 Å². The van der Waals surface area contributed by atoms with Gasteiger partial charge in [0.15, 0.2) is 11.5 Å². The van der Waals surface area contributed by atoms with E-state index >= 15 is 0 Å². The Kier molecular flexibility index (Phi) is 8.95. The monoisotopic (exact) mass is 424 g/mol. The number of hydrogen-bond acceptors (Lipinski definition) is 2. The van der Waals surface area contributed by atoms with Gasteiger partial charge in [0.1, 0.15) is 0 Å². The summed E-state index contributed by atoms with van der Waals surface area (Å²) >= 11 is 0. The Morgan fingerprint density at radius 2 is 1.43 bits per heavy atom. The van der Waals surface area contributed by atoms with E-state index in [9.17, 15) is 13.2 Å². The highest BCUT2D eigenvalue weighted by Crippen LogP contribution is 2.42. The van der Waals surface area contributed by atoms with Crippen LogP contribution in [0.1, 0.15) is 64.7 Å². The molecule has 0 unspecified atom stereocenters. The van der Waals surface area contributed by atoms with Gasteiger partial charge >= 0.3 is 0 Å². The molecule has 2 aliphatic carbocycles. The highest BCUT2D eigenvalue weighted by Gasteiger charge is 2.30. The summed E-state index contributed by atoms with van der Waals surface area (Å²) in [6, 6.07) is 2.88. The molecule has 168 valence electrons. The molecule has 5 heteroatoms. The summed E-state index contributed by atoms with van der Waals surface area (Å²) in [7, 11) is 0. The lowest BCUT2D eigenvalue weighted by Gasteiger charge is -2.37. The predicted octanol–water partition coefficient (Wildman–Crippen LogP) is 7.27. The molecular formula is C25H35F3O2. The first kappa shape index (κ1) is 23.0. The second-order valence-electron chi connectivity index (χ2n) is 8.80. The van der Waals surface area contributed by atoms with Crippen LogP contribution in [0.3, 0.4) is 0 Å². The average Bonchev–Trinajstić information content (AvgIpc) is 2.78. The second kappa shape index (κ2) is 11.7. The SMILES string of the molecule is CCOc1ccc(OCC2CCC(C3CCC(C=CCCF)CC3)CC2)c(F)c1F. The van der Waals surface area contributed by atoms with Gasteiger partial charge in [-0.15, -0.1) is 0 Å². The third-order valence-corrected chi connectivity index (χ3v) is 6.84. The Balaban J connectivity index is 1.40. The quantitative estimate of drug-likeness (QED) is 0.388. The van der Waals surface area contributed by atoms with Crippen LogP contribution in [0.25, 0.3) is 0 Å². The molecule has 1 aromatic rings. The van der Waals surface area contributed by atoms with Gasteiger partial charge < -0.3 is 9.47 Å². The van der Waals surface area contributed by atoms with Gasteiger partial charge in [-0.3, -0.25) is 4.39 Å². The molecule has 30 heavy (non-hydrogen) atoms. The van der Waals surface area contributed by atoms with Crippen molar-refractivity contribution in [2.75, 3.05) is 19.9 Å². The Morgan fingerprint density at radius 1 is 0.867 bits per heavy atom. The fourth-order valence-electron chi connectivity index (χ4n) is 5.09. The summed E-state index contributed by atoms with van der Waals surface area (Å²) in [4.78, 5) is 0. The van der Waals surface area contributed by atoms with Crippen molar-refractivity contribution in [1.82, 2.24) is 0 Å². The zero-order valence-corrected chi connectivity index (χ0v) is 18.1. The fraction of sp³-hybridized carbons (Fsp3) is 0.680. The van der Waals surface area contributed by atoms with Crippen molar-refractivity contribution < 1.29 is 22.6 Å². The molecule has 0 radical (unpaired) electrons. The molecule has 0 spiro atoms. The molecule has 2 fully saturated rings. The maximum absolute atomic E-state index is 14.2. The molecule has 2 aliphatic rings. The molecule has 3 rings (SSSR count). The molecule has 0 bridgehead atoms. The smallest absolute Gasteiger partial charge is 0.204 e. The largest absolute Gasteiger partial charge is 0.491 e. The van der Waals surface area contributed by atoms with Crippen molar-refractivity contribution >= 4 is 0 Å². The third kappa shape index (κ3) is 6.18. The Labute approximate surface area is 178 Å². The summed E-state index contributed by atoms with van der Waals surface area (Å²) in [6.45, 7) is 2.19. The van der Waals surface area contributed by atoms with Gasteiger partial charge in [-0.05, 0) is 101 Å². The second-order valence-corrected chi connectivity index (χ2v) is 8.80. The van der Waals surface area contributed by atoms with Gasteiger partial charge in [-0.1, -0.05) is 12.2 Å². The standard InChI is InChI=1S/C25H35F3O2/c1-2-29-22-14-15-23(25(28)24(22)27)30-17-19-8-12-21(13-9-19)20-10-6-18(7-11-20)5-3-4-16-26/h3,5,14-15,18-21H,2,4,6-13,16-17H2,1H3. The number of halogens is 3. The summed E-state index contributed by atoms with van der Waals surface area (Å²) in [5, 5.41) is 0. The van der Waals surface area contributed by atoms with E-state index in [1.54, 1.807) is 6.92 Å². The van der Waals surface area contributed by atoms with Gasteiger partial charge in [0, 0.05) is 0 Å². The molecule has 0 saturated heterocycles. The molecule has 0 amide bonds. The number of ether oxygens (including phenoxy) is 2. The van der Waals surface area contributed by atoms with E-state index in [2.05, 4.69) is 6.08 Å². The van der Waals surface area contributed by atoms with Crippen molar-refractivity contribution in [2.24, 2.45) is 23.7 Å². The van der Waals surface area contributed by atoms with Crippen molar-refractivity contribution in [3.05, 3.63) is 35.9 Å². The van der Waals surface area contributed by atoms with Gasteiger partial charge in [0.2, 0.25) is 11.6 Å². The van der Waals surface area contributed by atoms with Gasteiger partial charge in [0.05, 0.1) is 19.9 Å². The molecule has 0 heterocycles. The molecule has 1 aromatic carbocycles. The normalized spacial score (nSPS) is 27.3. The van der Waals surface area contributed by atoms with Crippen LogP contribution in [-0.2, 0) is 0 Å².